The first-order valence-corrected chi connectivity index (χ1v) is 10.7. The summed E-state index contributed by atoms with van der Waals surface area (Å²) in [5.41, 5.74) is 1.99. The Morgan fingerprint density at radius 3 is 2.23 bits per heavy atom. The number of nitrogens with zero attached hydrogens (tertiary/aromatic N) is 4. The second-order valence-corrected chi connectivity index (χ2v) is 8.17. The molecule has 0 bridgehead atoms. The quantitative estimate of drug-likeness (QED) is 0.566. The molecule has 0 unspecified atom stereocenters. The molecule has 30 heavy (non-hydrogen) atoms. The number of hydrogen-bond donors (Lipinski definition) is 0. The molecular weight excluding hydrogens is 423 g/mol. The van der Waals surface area contributed by atoms with Crippen molar-refractivity contribution < 1.29 is 9.32 Å². The first-order valence-electron chi connectivity index (χ1n) is 9.90. The van der Waals surface area contributed by atoms with E-state index in [0.717, 1.165) is 30.6 Å². The van der Waals surface area contributed by atoms with Crippen molar-refractivity contribution in [2.24, 2.45) is 0 Å². The van der Waals surface area contributed by atoms with E-state index >= 15 is 0 Å². The Labute approximate surface area is 185 Å². The molecule has 0 saturated carbocycles. The van der Waals surface area contributed by atoms with Crippen LogP contribution in [0.15, 0.2) is 53.1 Å². The van der Waals surface area contributed by atoms with Crippen molar-refractivity contribution in [3.63, 3.8) is 0 Å². The lowest BCUT2D eigenvalue weighted by Crippen LogP contribution is -2.48. The van der Waals surface area contributed by atoms with E-state index in [2.05, 4.69) is 15.0 Å². The monoisotopic (exact) mass is 444 g/mol. The zero-order valence-electron chi connectivity index (χ0n) is 16.4. The van der Waals surface area contributed by atoms with E-state index in [9.17, 15) is 4.79 Å². The predicted molar refractivity (Wildman–Crippen MR) is 116 cm³/mol. The van der Waals surface area contributed by atoms with Gasteiger partial charge in [-0.25, -0.2) is 0 Å². The molecule has 1 amide bonds. The molecule has 0 spiro atoms. The van der Waals surface area contributed by atoms with Crippen LogP contribution in [0.2, 0.25) is 10.0 Å². The van der Waals surface area contributed by atoms with Crippen molar-refractivity contribution in [3.8, 4) is 11.4 Å². The molecule has 3 aromatic rings. The van der Waals surface area contributed by atoms with Gasteiger partial charge in [-0.15, -0.1) is 0 Å². The standard InChI is InChI=1S/C22H22Cl2N4O2/c23-18-6-1-16(2-7-18)3-10-21(29)28-13-11-27(12-14-28)15-20-25-22(26-30-20)17-4-8-19(24)9-5-17/h1-2,4-9H,3,10-15H2. The molecule has 4 rings (SSSR count). The number of rotatable bonds is 6. The number of aromatic nitrogens is 2. The van der Waals surface area contributed by atoms with Crippen molar-refractivity contribution in [2.45, 2.75) is 19.4 Å². The highest BCUT2D eigenvalue weighted by Gasteiger charge is 2.22. The van der Waals surface area contributed by atoms with Crippen LogP contribution in [0.1, 0.15) is 17.9 Å². The maximum Gasteiger partial charge on any atom is 0.241 e. The van der Waals surface area contributed by atoms with E-state index in [1.54, 1.807) is 12.1 Å². The Morgan fingerprint density at radius 1 is 0.933 bits per heavy atom. The third-order valence-corrected chi connectivity index (χ3v) is 5.70. The molecule has 1 fully saturated rings. The minimum absolute atomic E-state index is 0.187. The van der Waals surface area contributed by atoms with Crippen molar-refractivity contribution in [1.82, 2.24) is 19.9 Å². The summed E-state index contributed by atoms with van der Waals surface area (Å²) >= 11 is 11.8. The van der Waals surface area contributed by atoms with Crippen LogP contribution in [0.4, 0.5) is 0 Å². The molecule has 6 nitrogen and oxygen atoms in total. The molecule has 2 heterocycles. The molecule has 0 atom stereocenters. The molecule has 0 N–H and O–H groups in total. The van der Waals surface area contributed by atoms with Gasteiger partial charge in [0.2, 0.25) is 17.6 Å². The third-order valence-electron chi connectivity index (χ3n) is 5.20. The first kappa shape index (κ1) is 20.8. The molecule has 1 aromatic heterocycles. The summed E-state index contributed by atoms with van der Waals surface area (Å²) in [6, 6.07) is 15.0. The first-order chi connectivity index (χ1) is 14.6. The van der Waals surface area contributed by atoms with Crippen LogP contribution in [0.25, 0.3) is 11.4 Å². The molecule has 8 heteroatoms. The molecule has 1 aliphatic heterocycles. The van der Waals surface area contributed by atoms with Gasteiger partial charge in [0.15, 0.2) is 0 Å². The molecular formula is C22H22Cl2N4O2. The summed E-state index contributed by atoms with van der Waals surface area (Å²) in [4.78, 5) is 21.1. The molecule has 1 aliphatic rings. The minimum Gasteiger partial charge on any atom is -0.340 e. The fraction of sp³-hybridized carbons (Fsp3) is 0.318. The topological polar surface area (TPSA) is 62.5 Å². The average molecular weight is 445 g/mol. The SMILES string of the molecule is O=C(CCc1ccc(Cl)cc1)N1CCN(Cc2nc(-c3ccc(Cl)cc3)no2)CC1. The summed E-state index contributed by atoms with van der Waals surface area (Å²) in [5, 5.41) is 5.44. The van der Waals surface area contributed by atoms with Crippen LogP contribution in [0.5, 0.6) is 0 Å². The summed E-state index contributed by atoms with van der Waals surface area (Å²) in [7, 11) is 0. The zero-order valence-corrected chi connectivity index (χ0v) is 17.9. The van der Waals surface area contributed by atoms with E-state index in [1.165, 1.54) is 0 Å². The highest BCUT2D eigenvalue weighted by Crippen LogP contribution is 2.19. The number of piperazine rings is 1. The van der Waals surface area contributed by atoms with Crippen LogP contribution in [-0.4, -0.2) is 52.0 Å². The van der Waals surface area contributed by atoms with Gasteiger partial charge in [0, 0.05) is 48.2 Å². The van der Waals surface area contributed by atoms with Crippen LogP contribution >= 0.6 is 23.2 Å². The Morgan fingerprint density at radius 2 is 1.57 bits per heavy atom. The van der Waals surface area contributed by atoms with Gasteiger partial charge in [0.05, 0.1) is 6.54 Å². The van der Waals surface area contributed by atoms with Crippen LogP contribution < -0.4 is 0 Å². The summed E-state index contributed by atoms with van der Waals surface area (Å²) in [5.74, 6) is 1.31. The lowest BCUT2D eigenvalue weighted by molar-refractivity contribution is -0.133. The second kappa shape index (κ2) is 9.60. The Balaban J connectivity index is 1.24. The van der Waals surface area contributed by atoms with Crippen molar-refractivity contribution in [3.05, 3.63) is 70.0 Å². The smallest absolute Gasteiger partial charge is 0.241 e. The van der Waals surface area contributed by atoms with Crippen LogP contribution in [0.3, 0.4) is 0 Å². The van der Waals surface area contributed by atoms with E-state index in [4.69, 9.17) is 27.7 Å². The lowest BCUT2D eigenvalue weighted by atomic mass is 10.1. The highest BCUT2D eigenvalue weighted by atomic mass is 35.5. The number of hydrogen-bond acceptors (Lipinski definition) is 5. The van der Waals surface area contributed by atoms with Gasteiger partial charge in [0.25, 0.3) is 0 Å². The van der Waals surface area contributed by atoms with E-state index < -0.39 is 0 Å². The summed E-state index contributed by atoms with van der Waals surface area (Å²) in [6.07, 6.45) is 1.24. The maximum absolute atomic E-state index is 12.5. The third kappa shape index (κ3) is 5.39. The molecule has 156 valence electrons. The molecule has 0 radical (unpaired) electrons. The Bertz CT molecular complexity index is 981. The van der Waals surface area contributed by atoms with E-state index in [1.807, 2.05) is 41.3 Å². The van der Waals surface area contributed by atoms with Crippen molar-refractivity contribution in [2.75, 3.05) is 26.2 Å². The van der Waals surface area contributed by atoms with Gasteiger partial charge >= 0.3 is 0 Å². The van der Waals surface area contributed by atoms with Crippen LogP contribution in [-0.2, 0) is 17.8 Å². The number of carbonyl (C=O) groups excluding carboxylic acids is 1. The summed E-state index contributed by atoms with van der Waals surface area (Å²) < 4.78 is 5.40. The molecule has 0 aliphatic carbocycles. The lowest BCUT2D eigenvalue weighted by Gasteiger charge is -2.34. The Hall–Kier alpha value is -2.41. The number of benzene rings is 2. The van der Waals surface area contributed by atoms with Crippen molar-refractivity contribution in [1.29, 1.82) is 0 Å². The fourth-order valence-corrected chi connectivity index (χ4v) is 3.69. The summed E-state index contributed by atoms with van der Waals surface area (Å²) in [6.45, 7) is 3.55. The number of halogens is 2. The minimum atomic E-state index is 0.187. The second-order valence-electron chi connectivity index (χ2n) is 7.30. The number of aryl methyl sites for hydroxylation is 1. The van der Waals surface area contributed by atoms with Crippen molar-refractivity contribution >= 4 is 29.1 Å². The molecule has 2 aromatic carbocycles. The predicted octanol–water partition coefficient (Wildman–Crippen LogP) is 4.32. The van der Waals surface area contributed by atoms with Crippen LogP contribution in [0, 0.1) is 0 Å². The van der Waals surface area contributed by atoms with Gasteiger partial charge in [-0.2, -0.15) is 4.98 Å². The highest BCUT2D eigenvalue weighted by molar-refractivity contribution is 6.30. The van der Waals surface area contributed by atoms with Gasteiger partial charge in [0.1, 0.15) is 0 Å². The normalized spacial score (nSPS) is 14.8. The Kier molecular flexibility index (Phi) is 6.67. The molecule has 1 saturated heterocycles. The maximum atomic E-state index is 12.5. The van der Waals surface area contributed by atoms with E-state index in [-0.39, 0.29) is 5.91 Å². The van der Waals surface area contributed by atoms with Gasteiger partial charge in [-0.3, -0.25) is 9.69 Å². The van der Waals surface area contributed by atoms with Gasteiger partial charge in [-0.1, -0.05) is 40.5 Å². The number of amides is 1. The number of carbonyl (C=O) groups is 1. The zero-order chi connectivity index (χ0) is 20.9. The van der Waals surface area contributed by atoms with Gasteiger partial charge < -0.3 is 9.42 Å². The average Bonchev–Trinajstić information content (AvgIpc) is 3.22. The fourth-order valence-electron chi connectivity index (χ4n) is 3.44. The largest absolute Gasteiger partial charge is 0.340 e. The van der Waals surface area contributed by atoms with E-state index in [0.29, 0.717) is 47.8 Å². The van der Waals surface area contributed by atoms with Gasteiger partial charge in [-0.05, 0) is 48.4 Å².